The van der Waals surface area contributed by atoms with Crippen molar-refractivity contribution < 1.29 is 0 Å². The maximum absolute atomic E-state index is 11.8. The summed E-state index contributed by atoms with van der Waals surface area (Å²) in [4.78, 5) is 11.8. The van der Waals surface area contributed by atoms with Gasteiger partial charge in [0.15, 0.2) is 5.82 Å². The molecule has 2 rings (SSSR count). The first-order chi connectivity index (χ1) is 7.24. The highest BCUT2D eigenvalue weighted by Crippen LogP contribution is 2.02. The Morgan fingerprint density at radius 2 is 1.93 bits per heavy atom. The Morgan fingerprint density at radius 1 is 1.27 bits per heavy atom. The zero-order valence-corrected chi connectivity index (χ0v) is 8.64. The summed E-state index contributed by atoms with van der Waals surface area (Å²) in [5.74, 6) is 0.631. The van der Waals surface area contributed by atoms with Gasteiger partial charge in [-0.2, -0.15) is 9.36 Å². The van der Waals surface area contributed by atoms with Crippen molar-refractivity contribution in [2.24, 2.45) is 0 Å². The van der Waals surface area contributed by atoms with Crippen LogP contribution in [0.4, 0.5) is 0 Å². The highest BCUT2D eigenvalue weighted by atomic mass is 16.2. The van der Waals surface area contributed by atoms with Crippen molar-refractivity contribution in [3.05, 3.63) is 46.6 Å². The van der Waals surface area contributed by atoms with Crippen LogP contribution in [0.1, 0.15) is 5.82 Å². The van der Waals surface area contributed by atoms with E-state index in [1.54, 1.807) is 14.0 Å². The fourth-order valence-corrected chi connectivity index (χ4v) is 1.46. The number of hydrogen-bond acceptors (Lipinski definition) is 3. The third-order valence-corrected chi connectivity index (χ3v) is 2.17. The Morgan fingerprint density at radius 3 is 2.47 bits per heavy atom. The molecule has 0 aliphatic carbocycles. The minimum atomic E-state index is -0.193. The maximum Gasteiger partial charge on any atom is 0.369 e. The first-order valence-electron chi connectivity index (χ1n) is 4.66. The number of nitrogens with one attached hydrogen (secondary N) is 1. The summed E-state index contributed by atoms with van der Waals surface area (Å²) in [7, 11) is 1.69. The fourth-order valence-electron chi connectivity index (χ4n) is 1.46. The number of aromatic nitrogens is 3. The predicted molar refractivity (Wildman–Crippen MR) is 57.8 cm³/mol. The number of rotatable bonds is 2. The maximum atomic E-state index is 11.8. The molecule has 0 amide bonds. The molecule has 1 N–H and O–H groups in total. The Labute approximate surface area is 86.9 Å². The molecule has 0 aliphatic heterocycles. The standard InChI is InChI=1S/C10H12N4O/c1-8-12-14(10(15)13(8)11-2)9-6-4-3-5-7-9/h3-7,11H,1-2H3. The molecule has 0 radical (unpaired) electrons. The van der Waals surface area contributed by atoms with Gasteiger partial charge in [-0.3, -0.25) is 0 Å². The number of hydrogen-bond donors (Lipinski definition) is 1. The van der Waals surface area contributed by atoms with Gasteiger partial charge in [0.25, 0.3) is 0 Å². The third-order valence-electron chi connectivity index (χ3n) is 2.17. The van der Waals surface area contributed by atoms with Crippen LogP contribution in [-0.4, -0.2) is 21.5 Å². The molecule has 0 saturated carbocycles. The van der Waals surface area contributed by atoms with Gasteiger partial charge in [0.2, 0.25) is 0 Å². The minimum absolute atomic E-state index is 0.193. The van der Waals surface area contributed by atoms with Crippen molar-refractivity contribution in [3.63, 3.8) is 0 Å². The van der Waals surface area contributed by atoms with E-state index in [-0.39, 0.29) is 5.69 Å². The van der Waals surface area contributed by atoms with Crippen molar-refractivity contribution in [1.82, 2.24) is 14.5 Å². The van der Waals surface area contributed by atoms with E-state index in [1.807, 2.05) is 30.3 Å². The molecular weight excluding hydrogens is 192 g/mol. The number of aryl methyl sites for hydroxylation is 1. The molecule has 0 aliphatic rings. The van der Waals surface area contributed by atoms with Crippen LogP contribution in [0.2, 0.25) is 0 Å². The van der Waals surface area contributed by atoms with Crippen molar-refractivity contribution >= 4 is 0 Å². The van der Waals surface area contributed by atoms with Crippen LogP contribution in [0.3, 0.4) is 0 Å². The first-order valence-corrected chi connectivity index (χ1v) is 4.66. The van der Waals surface area contributed by atoms with E-state index in [4.69, 9.17) is 0 Å². The van der Waals surface area contributed by atoms with Gasteiger partial charge in [-0.25, -0.2) is 4.79 Å². The predicted octanol–water partition coefficient (Wildman–Crippen LogP) is 0.516. The van der Waals surface area contributed by atoms with E-state index >= 15 is 0 Å². The van der Waals surface area contributed by atoms with Crippen LogP contribution in [0.5, 0.6) is 0 Å². The van der Waals surface area contributed by atoms with Gasteiger partial charge >= 0.3 is 5.69 Å². The lowest BCUT2D eigenvalue weighted by Gasteiger charge is -1.98. The Hall–Kier alpha value is -2.04. The lowest BCUT2D eigenvalue weighted by molar-refractivity contribution is 0.803. The van der Waals surface area contributed by atoms with Gasteiger partial charge in [-0.05, 0) is 19.1 Å². The molecule has 1 heterocycles. The summed E-state index contributed by atoms with van der Waals surface area (Å²) in [5, 5.41) is 4.16. The summed E-state index contributed by atoms with van der Waals surface area (Å²) in [5.41, 5.74) is 3.34. The van der Waals surface area contributed by atoms with Crippen LogP contribution < -0.4 is 11.1 Å². The average Bonchev–Trinajstić information content (AvgIpc) is 2.55. The second-order valence-corrected chi connectivity index (χ2v) is 3.14. The van der Waals surface area contributed by atoms with E-state index in [0.29, 0.717) is 5.82 Å². The molecule has 15 heavy (non-hydrogen) atoms. The van der Waals surface area contributed by atoms with Crippen molar-refractivity contribution in [3.8, 4) is 5.69 Å². The molecule has 78 valence electrons. The molecule has 0 unspecified atom stereocenters. The lowest BCUT2D eigenvalue weighted by atomic mass is 10.3. The van der Waals surface area contributed by atoms with Gasteiger partial charge in [0.1, 0.15) is 0 Å². The second kappa shape index (κ2) is 3.61. The molecule has 0 spiro atoms. The average molecular weight is 204 g/mol. The number of para-hydroxylation sites is 1. The van der Waals surface area contributed by atoms with Gasteiger partial charge in [0, 0.05) is 7.05 Å². The van der Waals surface area contributed by atoms with E-state index in [2.05, 4.69) is 10.5 Å². The smallest absolute Gasteiger partial charge is 0.323 e. The lowest BCUT2D eigenvalue weighted by Crippen LogP contribution is -2.29. The van der Waals surface area contributed by atoms with Crippen LogP contribution in [-0.2, 0) is 0 Å². The zero-order chi connectivity index (χ0) is 10.8. The van der Waals surface area contributed by atoms with Crippen molar-refractivity contribution in [2.45, 2.75) is 6.92 Å². The van der Waals surface area contributed by atoms with Crippen molar-refractivity contribution in [2.75, 3.05) is 12.5 Å². The molecule has 0 bridgehead atoms. The summed E-state index contributed by atoms with van der Waals surface area (Å²) in [6.45, 7) is 1.78. The monoisotopic (exact) mass is 204 g/mol. The first kappa shape index (κ1) is 9.51. The molecule has 5 heteroatoms. The number of benzene rings is 1. The zero-order valence-electron chi connectivity index (χ0n) is 8.64. The topological polar surface area (TPSA) is 51.9 Å². The summed E-state index contributed by atoms with van der Waals surface area (Å²) in [6.07, 6.45) is 0. The van der Waals surface area contributed by atoms with Gasteiger partial charge in [0.05, 0.1) is 5.69 Å². The summed E-state index contributed by atoms with van der Waals surface area (Å²) < 4.78 is 2.76. The molecular formula is C10H12N4O. The van der Waals surface area contributed by atoms with E-state index < -0.39 is 0 Å². The Balaban J connectivity index is 2.61. The number of nitrogens with zero attached hydrogens (tertiary/aromatic N) is 3. The molecule has 1 aromatic carbocycles. The van der Waals surface area contributed by atoms with Gasteiger partial charge in [-0.15, -0.1) is 5.10 Å². The minimum Gasteiger partial charge on any atom is -0.323 e. The van der Waals surface area contributed by atoms with Gasteiger partial charge < -0.3 is 5.43 Å². The van der Waals surface area contributed by atoms with Crippen LogP contribution in [0, 0.1) is 6.92 Å². The molecule has 2 aromatic rings. The SMILES string of the molecule is CNn1c(C)nn(-c2ccccc2)c1=O. The van der Waals surface area contributed by atoms with Crippen LogP contribution >= 0.6 is 0 Å². The Bertz CT molecular complexity index is 512. The molecule has 0 fully saturated rings. The van der Waals surface area contributed by atoms with E-state index in [1.165, 1.54) is 9.36 Å². The van der Waals surface area contributed by atoms with Gasteiger partial charge in [-0.1, -0.05) is 18.2 Å². The molecule has 1 aromatic heterocycles. The molecule has 0 saturated heterocycles. The van der Waals surface area contributed by atoms with E-state index in [0.717, 1.165) is 5.69 Å². The fraction of sp³-hybridized carbons (Fsp3) is 0.200. The molecule has 5 nitrogen and oxygen atoms in total. The molecule has 0 atom stereocenters. The second-order valence-electron chi connectivity index (χ2n) is 3.14. The normalized spacial score (nSPS) is 10.3. The highest BCUT2D eigenvalue weighted by molar-refractivity contribution is 5.29. The quantitative estimate of drug-likeness (QED) is 0.775. The van der Waals surface area contributed by atoms with Crippen LogP contribution in [0.25, 0.3) is 5.69 Å². The van der Waals surface area contributed by atoms with E-state index in [9.17, 15) is 4.79 Å². The Kier molecular flexibility index (Phi) is 2.29. The largest absolute Gasteiger partial charge is 0.369 e. The third kappa shape index (κ3) is 1.52. The van der Waals surface area contributed by atoms with Crippen molar-refractivity contribution in [1.29, 1.82) is 0 Å². The summed E-state index contributed by atoms with van der Waals surface area (Å²) in [6, 6.07) is 9.32. The summed E-state index contributed by atoms with van der Waals surface area (Å²) >= 11 is 0. The highest BCUT2D eigenvalue weighted by Gasteiger charge is 2.09. The van der Waals surface area contributed by atoms with Crippen LogP contribution in [0.15, 0.2) is 35.1 Å².